The van der Waals surface area contributed by atoms with Gasteiger partial charge in [0.05, 0.1) is 0 Å². The first-order valence-corrected chi connectivity index (χ1v) is 8.87. The predicted octanol–water partition coefficient (Wildman–Crippen LogP) is 5.08. The van der Waals surface area contributed by atoms with Crippen molar-refractivity contribution in [2.75, 3.05) is 6.61 Å². The van der Waals surface area contributed by atoms with Crippen LogP contribution in [-0.2, 0) is 10.2 Å². The average molecular weight is 340 g/mol. The number of ketones is 1. The molecule has 2 aromatic carbocycles. The predicted molar refractivity (Wildman–Crippen MR) is 102 cm³/mol. The smallest absolute Gasteiger partial charge is 0.167 e. The van der Waals surface area contributed by atoms with Crippen LogP contribution in [0.5, 0.6) is 11.5 Å². The van der Waals surface area contributed by atoms with Crippen molar-refractivity contribution in [1.82, 2.24) is 0 Å². The van der Waals surface area contributed by atoms with Crippen molar-refractivity contribution in [3.8, 4) is 11.5 Å². The lowest BCUT2D eigenvalue weighted by Gasteiger charge is -2.34. The number of phenolic OH excluding ortho intramolecular Hbond substituents is 1. The second-order valence-corrected chi connectivity index (χ2v) is 6.76. The van der Waals surface area contributed by atoms with Crippen LogP contribution in [-0.4, -0.2) is 17.5 Å². The van der Waals surface area contributed by atoms with E-state index in [0.29, 0.717) is 5.75 Å². The quantitative estimate of drug-likeness (QED) is 0.764. The van der Waals surface area contributed by atoms with Gasteiger partial charge < -0.3 is 9.84 Å². The number of benzene rings is 2. The highest BCUT2D eigenvalue weighted by Crippen LogP contribution is 2.41. The van der Waals surface area contributed by atoms with E-state index in [9.17, 15) is 9.90 Å². The molecule has 2 rings (SSSR count). The van der Waals surface area contributed by atoms with E-state index < -0.39 is 0 Å². The Morgan fingerprint density at radius 3 is 2.04 bits per heavy atom. The molecule has 3 nitrogen and oxygen atoms in total. The van der Waals surface area contributed by atoms with Crippen molar-refractivity contribution >= 4 is 5.78 Å². The number of carbonyl (C=O) groups is 1. The number of hydrogen-bond acceptors (Lipinski definition) is 3. The monoisotopic (exact) mass is 340 g/mol. The number of aryl methyl sites for hydroxylation is 2. The maximum atomic E-state index is 11.1. The van der Waals surface area contributed by atoms with Gasteiger partial charge in [-0.1, -0.05) is 38.1 Å². The van der Waals surface area contributed by atoms with E-state index in [1.54, 1.807) is 6.07 Å². The molecule has 0 aliphatic heterocycles. The second kappa shape index (κ2) is 7.73. The zero-order chi connectivity index (χ0) is 18.6. The summed E-state index contributed by atoms with van der Waals surface area (Å²) in [5.74, 6) is 1.09. The Balaban J connectivity index is 2.47. The summed E-state index contributed by atoms with van der Waals surface area (Å²) >= 11 is 0. The number of hydrogen-bond donors (Lipinski definition) is 1. The fraction of sp³-hybridized carbons (Fsp3) is 0.409. The summed E-state index contributed by atoms with van der Waals surface area (Å²) < 4.78 is 5.59. The summed E-state index contributed by atoms with van der Waals surface area (Å²) in [6, 6.07) is 12.1. The van der Waals surface area contributed by atoms with E-state index in [1.165, 1.54) is 18.1 Å². The van der Waals surface area contributed by atoms with Gasteiger partial charge in [-0.2, -0.15) is 0 Å². The number of Topliss-reactive ketones (excluding diaryl/α,β-unsaturated/α-hetero) is 1. The molecule has 2 aromatic rings. The third-order valence-corrected chi connectivity index (χ3v) is 5.11. The Kier molecular flexibility index (Phi) is 5.89. The first kappa shape index (κ1) is 19.0. The molecule has 0 saturated heterocycles. The van der Waals surface area contributed by atoms with Crippen LogP contribution in [0.3, 0.4) is 0 Å². The summed E-state index contributed by atoms with van der Waals surface area (Å²) in [5.41, 5.74) is 4.25. The van der Waals surface area contributed by atoms with E-state index in [1.807, 2.05) is 26.0 Å². The molecule has 25 heavy (non-hydrogen) atoms. The highest BCUT2D eigenvalue weighted by molar-refractivity contribution is 5.77. The molecule has 3 heteroatoms. The SMILES string of the molecule is CCC(CC)(c1ccc(O)c(C)c1)c1ccc(OCC(C)=O)c(C)c1. The molecule has 0 fully saturated rings. The first-order chi connectivity index (χ1) is 11.8. The Morgan fingerprint density at radius 1 is 1.00 bits per heavy atom. The Bertz CT molecular complexity index is 758. The fourth-order valence-electron chi connectivity index (χ4n) is 3.47. The maximum absolute atomic E-state index is 11.1. The van der Waals surface area contributed by atoms with Crippen molar-refractivity contribution < 1.29 is 14.6 Å². The van der Waals surface area contributed by atoms with Gasteiger partial charge in [0, 0.05) is 5.41 Å². The number of phenols is 1. The van der Waals surface area contributed by atoms with E-state index in [2.05, 4.69) is 32.0 Å². The third kappa shape index (κ3) is 3.87. The lowest BCUT2D eigenvalue weighted by atomic mass is 9.70. The molecule has 0 unspecified atom stereocenters. The topological polar surface area (TPSA) is 46.5 Å². The summed E-state index contributed by atoms with van der Waals surface area (Å²) in [7, 11) is 0. The minimum absolute atomic E-state index is 0.0134. The summed E-state index contributed by atoms with van der Waals surface area (Å²) in [4.78, 5) is 11.1. The zero-order valence-electron chi connectivity index (χ0n) is 15.8. The summed E-state index contributed by atoms with van der Waals surface area (Å²) in [5, 5.41) is 9.87. The minimum Gasteiger partial charge on any atom is -0.508 e. The Morgan fingerprint density at radius 2 is 1.56 bits per heavy atom. The van der Waals surface area contributed by atoms with Crippen LogP contribution < -0.4 is 4.74 Å². The molecule has 0 saturated carbocycles. The summed E-state index contributed by atoms with van der Waals surface area (Å²) in [6.07, 6.45) is 1.92. The molecule has 0 aromatic heterocycles. The van der Waals surface area contributed by atoms with Gasteiger partial charge in [-0.05, 0) is 68.0 Å². The van der Waals surface area contributed by atoms with Gasteiger partial charge in [-0.25, -0.2) is 0 Å². The van der Waals surface area contributed by atoms with Gasteiger partial charge in [0.25, 0.3) is 0 Å². The second-order valence-electron chi connectivity index (χ2n) is 6.76. The number of rotatable bonds is 7. The molecule has 0 spiro atoms. The van der Waals surface area contributed by atoms with Gasteiger partial charge in [-0.3, -0.25) is 4.79 Å². The zero-order valence-corrected chi connectivity index (χ0v) is 15.8. The molecule has 1 N–H and O–H groups in total. The van der Waals surface area contributed by atoms with Gasteiger partial charge in [0.2, 0.25) is 0 Å². The highest BCUT2D eigenvalue weighted by atomic mass is 16.5. The molecule has 0 radical (unpaired) electrons. The van der Waals surface area contributed by atoms with E-state index in [-0.39, 0.29) is 17.8 Å². The standard InChI is InChI=1S/C22H28O3/c1-6-22(7-2,18-8-10-20(24)15(3)12-18)19-9-11-21(16(4)13-19)25-14-17(5)23/h8-13,24H,6-7,14H2,1-5H3. The largest absolute Gasteiger partial charge is 0.508 e. The van der Waals surface area contributed by atoms with Crippen LogP contribution in [0.4, 0.5) is 0 Å². The van der Waals surface area contributed by atoms with Crippen LogP contribution in [0.15, 0.2) is 36.4 Å². The molecule has 0 amide bonds. The summed E-state index contributed by atoms with van der Waals surface area (Å²) in [6.45, 7) is 9.96. The normalized spacial score (nSPS) is 11.4. The third-order valence-electron chi connectivity index (χ3n) is 5.11. The van der Waals surface area contributed by atoms with Gasteiger partial charge in [0.15, 0.2) is 5.78 Å². The van der Waals surface area contributed by atoms with Gasteiger partial charge >= 0.3 is 0 Å². The lowest BCUT2D eigenvalue weighted by molar-refractivity contribution is -0.118. The number of ether oxygens (including phenoxy) is 1. The highest BCUT2D eigenvalue weighted by Gasteiger charge is 2.31. The lowest BCUT2D eigenvalue weighted by Crippen LogP contribution is -2.26. The fourth-order valence-corrected chi connectivity index (χ4v) is 3.47. The molecule has 0 aliphatic carbocycles. The van der Waals surface area contributed by atoms with Crippen molar-refractivity contribution in [3.63, 3.8) is 0 Å². The molecule has 0 heterocycles. The van der Waals surface area contributed by atoms with Crippen molar-refractivity contribution in [3.05, 3.63) is 58.7 Å². The molecule has 0 bridgehead atoms. The molecular weight excluding hydrogens is 312 g/mol. The average Bonchev–Trinajstić information content (AvgIpc) is 2.58. The maximum Gasteiger partial charge on any atom is 0.167 e. The number of carbonyl (C=O) groups excluding carboxylic acids is 1. The number of aromatic hydroxyl groups is 1. The van der Waals surface area contributed by atoms with Gasteiger partial charge in [0.1, 0.15) is 18.1 Å². The first-order valence-electron chi connectivity index (χ1n) is 8.87. The Labute approximate surface area is 150 Å². The minimum atomic E-state index is -0.109. The van der Waals surface area contributed by atoms with E-state index in [0.717, 1.165) is 29.7 Å². The molecule has 134 valence electrons. The van der Waals surface area contributed by atoms with E-state index in [4.69, 9.17) is 4.74 Å². The van der Waals surface area contributed by atoms with Crippen molar-refractivity contribution in [1.29, 1.82) is 0 Å². The van der Waals surface area contributed by atoms with Crippen LogP contribution in [0.1, 0.15) is 55.9 Å². The van der Waals surface area contributed by atoms with Crippen molar-refractivity contribution in [2.24, 2.45) is 0 Å². The van der Waals surface area contributed by atoms with Gasteiger partial charge in [-0.15, -0.1) is 0 Å². The Hall–Kier alpha value is -2.29. The molecule has 0 aliphatic rings. The molecular formula is C22H28O3. The van der Waals surface area contributed by atoms with Crippen LogP contribution in [0, 0.1) is 13.8 Å². The molecule has 0 atom stereocenters. The van der Waals surface area contributed by atoms with Crippen LogP contribution in [0.2, 0.25) is 0 Å². The van der Waals surface area contributed by atoms with Crippen LogP contribution >= 0.6 is 0 Å². The van der Waals surface area contributed by atoms with Crippen molar-refractivity contribution in [2.45, 2.75) is 52.9 Å². The van der Waals surface area contributed by atoms with Crippen LogP contribution in [0.25, 0.3) is 0 Å². The van der Waals surface area contributed by atoms with E-state index >= 15 is 0 Å².